The first-order valence-corrected chi connectivity index (χ1v) is 7.98. The average molecular weight is 290 g/mol. The summed E-state index contributed by atoms with van der Waals surface area (Å²) in [5.41, 5.74) is 3.53. The van der Waals surface area contributed by atoms with E-state index in [1.165, 1.54) is 16.0 Å². The fourth-order valence-corrected chi connectivity index (χ4v) is 3.28. The third-order valence-corrected chi connectivity index (χ3v) is 4.45. The van der Waals surface area contributed by atoms with Crippen molar-refractivity contribution in [3.8, 4) is 0 Å². The average Bonchev–Trinajstić information content (AvgIpc) is 2.76. The van der Waals surface area contributed by atoms with Crippen LogP contribution in [0.1, 0.15) is 42.5 Å². The molecule has 20 heavy (non-hydrogen) atoms. The Morgan fingerprint density at radius 2 is 2.15 bits per heavy atom. The predicted octanol–water partition coefficient (Wildman–Crippen LogP) is 4.25. The maximum absolute atomic E-state index is 5.20. The summed E-state index contributed by atoms with van der Waals surface area (Å²) in [6.07, 6.45) is 0. The van der Waals surface area contributed by atoms with Crippen molar-refractivity contribution in [2.75, 3.05) is 6.54 Å². The number of aromatic nitrogens is 1. The zero-order valence-corrected chi connectivity index (χ0v) is 13.4. The molecule has 3 nitrogen and oxygen atoms in total. The Morgan fingerprint density at radius 1 is 1.35 bits per heavy atom. The van der Waals surface area contributed by atoms with Gasteiger partial charge < -0.3 is 9.84 Å². The van der Waals surface area contributed by atoms with Crippen molar-refractivity contribution in [3.05, 3.63) is 46.8 Å². The van der Waals surface area contributed by atoms with Gasteiger partial charge in [0.1, 0.15) is 5.76 Å². The number of nitrogens with zero attached hydrogens (tertiary/aromatic N) is 1. The molecule has 1 heterocycles. The van der Waals surface area contributed by atoms with Crippen LogP contribution in [-0.4, -0.2) is 11.7 Å². The molecule has 0 spiro atoms. The summed E-state index contributed by atoms with van der Waals surface area (Å²) in [7, 11) is 0. The molecule has 2 rings (SSSR count). The normalized spacial score (nSPS) is 12.6. The molecule has 1 aromatic carbocycles. The number of nitrogens with one attached hydrogen (secondary N) is 1. The first kappa shape index (κ1) is 15.1. The van der Waals surface area contributed by atoms with Gasteiger partial charge in [0.2, 0.25) is 0 Å². The standard InChI is InChI=1S/C16H22N2OS/c1-5-17-11(2)14-7-6-8-15(9-14)20-10-16-12(3)18-19-13(16)4/h6-9,11,17H,5,10H2,1-4H3. The minimum atomic E-state index is 0.389. The van der Waals surface area contributed by atoms with Crippen LogP contribution in [0.15, 0.2) is 33.7 Å². The first-order valence-electron chi connectivity index (χ1n) is 6.99. The van der Waals surface area contributed by atoms with E-state index in [1.54, 1.807) is 0 Å². The summed E-state index contributed by atoms with van der Waals surface area (Å²) in [5, 5.41) is 7.44. The van der Waals surface area contributed by atoms with Gasteiger partial charge in [-0.15, -0.1) is 11.8 Å². The zero-order valence-electron chi connectivity index (χ0n) is 12.6. The highest BCUT2D eigenvalue weighted by molar-refractivity contribution is 7.98. The summed E-state index contributed by atoms with van der Waals surface area (Å²) < 4.78 is 5.20. The Labute approximate surface area is 125 Å². The molecule has 0 aliphatic carbocycles. The largest absolute Gasteiger partial charge is 0.361 e. The van der Waals surface area contributed by atoms with Crippen LogP contribution in [0.2, 0.25) is 0 Å². The van der Waals surface area contributed by atoms with Crippen molar-refractivity contribution >= 4 is 11.8 Å². The summed E-state index contributed by atoms with van der Waals surface area (Å²) in [5.74, 6) is 1.83. The molecular formula is C16H22N2OS. The van der Waals surface area contributed by atoms with Crippen LogP contribution < -0.4 is 5.32 Å². The van der Waals surface area contributed by atoms with Crippen LogP contribution >= 0.6 is 11.8 Å². The lowest BCUT2D eigenvalue weighted by atomic mass is 10.1. The van der Waals surface area contributed by atoms with Gasteiger partial charge in [0.15, 0.2) is 0 Å². The third-order valence-electron chi connectivity index (χ3n) is 3.43. The second-order valence-electron chi connectivity index (χ2n) is 4.94. The van der Waals surface area contributed by atoms with Gasteiger partial charge in [-0.2, -0.15) is 0 Å². The van der Waals surface area contributed by atoms with Gasteiger partial charge in [-0.1, -0.05) is 24.2 Å². The predicted molar refractivity (Wildman–Crippen MR) is 84.1 cm³/mol. The van der Waals surface area contributed by atoms with E-state index < -0.39 is 0 Å². The lowest BCUT2D eigenvalue weighted by Crippen LogP contribution is -2.17. The fraction of sp³-hybridized carbons (Fsp3) is 0.438. The lowest BCUT2D eigenvalue weighted by molar-refractivity contribution is 0.392. The summed E-state index contributed by atoms with van der Waals surface area (Å²) in [6.45, 7) is 9.28. The van der Waals surface area contributed by atoms with Gasteiger partial charge in [-0.25, -0.2) is 0 Å². The highest BCUT2D eigenvalue weighted by Crippen LogP contribution is 2.27. The van der Waals surface area contributed by atoms with E-state index in [4.69, 9.17) is 4.52 Å². The van der Waals surface area contributed by atoms with Crippen LogP contribution in [-0.2, 0) is 5.75 Å². The van der Waals surface area contributed by atoms with Crippen LogP contribution in [0.25, 0.3) is 0 Å². The van der Waals surface area contributed by atoms with E-state index in [0.29, 0.717) is 6.04 Å². The van der Waals surface area contributed by atoms with Gasteiger partial charge in [-0.05, 0) is 45.0 Å². The van der Waals surface area contributed by atoms with Crippen molar-refractivity contribution in [1.82, 2.24) is 10.5 Å². The molecule has 0 fully saturated rings. The molecule has 0 radical (unpaired) electrons. The van der Waals surface area contributed by atoms with Crippen molar-refractivity contribution in [2.45, 2.75) is 44.4 Å². The van der Waals surface area contributed by atoms with Crippen molar-refractivity contribution in [2.24, 2.45) is 0 Å². The zero-order chi connectivity index (χ0) is 14.5. The summed E-state index contributed by atoms with van der Waals surface area (Å²) in [4.78, 5) is 1.28. The molecule has 0 saturated carbocycles. The Balaban J connectivity index is 2.05. The Bertz CT molecular complexity index is 546. The SMILES string of the molecule is CCNC(C)c1cccc(SCc2c(C)noc2C)c1. The minimum absolute atomic E-state index is 0.389. The van der Waals surface area contributed by atoms with Gasteiger partial charge in [0.05, 0.1) is 5.69 Å². The number of rotatable bonds is 6. The first-order chi connectivity index (χ1) is 9.61. The van der Waals surface area contributed by atoms with Crippen LogP contribution in [0.4, 0.5) is 0 Å². The molecule has 0 bridgehead atoms. The van der Waals surface area contributed by atoms with Gasteiger partial charge in [-0.3, -0.25) is 0 Å². The number of thioether (sulfide) groups is 1. The molecule has 108 valence electrons. The fourth-order valence-electron chi connectivity index (χ4n) is 2.16. The quantitative estimate of drug-likeness (QED) is 0.807. The lowest BCUT2D eigenvalue weighted by Gasteiger charge is -2.13. The maximum atomic E-state index is 5.20. The molecule has 0 saturated heterocycles. The van der Waals surface area contributed by atoms with Crippen LogP contribution in [0, 0.1) is 13.8 Å². The minimum Gasteiger partial charge on any atom is -0.361 e. The van der Waals surface area contributed by atoms with E-state index >= 15 is 0 Å². The topological polar surface area (TPSA) is 38.1 Å². The number of hydrogen-bond acceptors (Lipinski definition) is 4. The Hall–Kier alpha value is -1.26. The molecule has 1 N–H and O–H groups in total. The van der Waals surface area contributed by atoms with E-state index in [9.17, 15) is 0 Å². The Morgan fingerprint density at radius 3 is 2.80 bits per heavy atom. The number of aryl methyl sites for hydroxylation is 2. The summed E-state index contributed by atoms with van der Waals surface area (Å²) >= 11 is 1.83. The van der Waals surface area contributed by atoms with E-state index in [0.717, 1.165) is 23.8 Å². The third kappa shape index (κ3) is 3.64. The molecule has 0 aliphatic rings. The monoisotopic (exact) mass is 290 g/mol. The summed E-state index contributed by atoms with van der Waals surface area (Å²) in [6, 6.07) is 9.10. The van der Waals surface area contributed by atoms with Gasteiger partial charge in [0.25, 0.3) is 0 Å². The highest BCUT2D eigenvalue weighted by atomic mass is 32.2. The van der Waals surface area contributed by atoms with E-state index in [-0.39, 0.29) is 0 Å². The molecule has 2 aromatic rings. The van der Waals surface area contributed by atoms with E-state index in [2.05, 4.69) is 48.6 Å². The van der Waals surface area contributed by atoms with E-state index in [1.807, 2.05) is 25.6 Å². The van der Waals surface area contributed by atoms with Crippen LogP contribution in [0.3, 0.4) is 0 Å². The Kier molecular flexibility index (Phi) is 5.26. The molecule has 0 amide bonds. The molecular weight excluding hydrogens is 268 g/mol. The van der Waals surface area contributed by atoms with Crippen molar-refractivity contribution in [3.63, 3.8) is 0 Å². The van der Waals surface area contributed by atoms with Gasteiger partial charge >= 0.3 is 0 Å². The second kappa shape index (κ2) is 6.95. The van der Waals surface area contributed by atoms with Crippen LogP contribution in [0.5, 0.6) is 0 Å². The molecule has 1 unspecified atom stereocenters. The van der Waals surface area contributed by atoms with Crippen molar-refractivity contribution in [1.29, 1.82) is 0 Å². The molecule has 1 atom stereocenters. The number of benzene rings is 1. The highest BCUT2D eigenvalue weighted by Gasteiger charge is 2.10. The molecule has 0 aliphatic heterocycles. The van der Waals surface area contributed by atoms with Crippen molar-refractivity contribution < 1.29 is 4.52 Å². The number of hydrogen-bond donors (Lipinski definition) is 1. The van der Waals surface area contributed by atoms with Gasteiger partial charge in [0, 0.05) is 22.3 Å². The maximum Gasteiger partial charge on any atom is 0.137 e. The molecule has 1 aromatic heterocycles. The smallest absolute Gasteiger partial charge is 0.137 e. The molecule has 4 heteroatoms. The second-order valence-corrected chi connectivity index (χ2v) is 5.99.